The highest BCUT2D eigenvalue weighted by atomic mass is 14.6. The summed E-state index contributed by atoms with van der Waals surface area (Å²) in [4.78, 5) is 3.93. The van der Waals surface area contributed by atoms with E-state index in [1.807, 2.05) is 18.2 Å². The van der Waals surface area contributed by atoms with E-state index < -0.39 is 0 Å². The normalized spacial score (nSPS) is 12.4. The Kier molecular flexibility index (Phi) is 3.48. The summed E-state index contributed by atoms with van der Waals surface area (Å²) in [6.45, 7) is 3.66. The lowest BCUT2D eigenvalue weighted by molar-refractivity contribution is 0.660. The van der Waals surface area contributed by atoms with Crippen molar-refractivity contribution in [2.75, 3.05) is 0 Å². The average molecular weight is 162 g/mol. The monoisotopic (exact) mass is 162 g/mol. The molecular formula is C10H14N2. The molecule has 0 spiro atoms. The van der Waals surface area contributed by atoms with Crippen LogP contribution in [0.1, 0.15) is 24.4 Å². The van der Waals surface area contributed by atoms with Crippen LogP contribution in [0.5, 0.6) is 0 Å². The van der Waals surface area contributed by atoms with Gasteiger partial charge in [-0.05, 0) is 30.5 Å². The molecule has 0 unspecified atom stereocenters. The summed E-state index contributed by atoms with van der Waals surface area (Å²) in [5.74, 6) is 0. The molecular weight excluding hydrogens is 148 g/mol. The van der Waals surface area contributed by atoms with Crippen LogP contribution in [-0.2, 0) is 0 Å². The number of nitrogens with two attached hydrogens (primary N) is 1. The summed E-state index contributed by atoms with van der Waals surface area (Å²) in [6.07, 6.45) is 7.34. The molecule has 1 heterocycles. The molecule has 0 aliphatic carbocycles. The van der Waals surface area contributed by atoms with E-state index >= 15 is 0 Å². The maximum Gasteiger partial charge on any atom is 0.0298 e. The van der Waals surface area contributed by atoms with Crippen molar-refractivity contribution < 1.29 is 0 Å². The van der Waals surface area contributed by atoms with Crippen LogP contribution in [0.4, 0.5) is 0 Å². The molecule has 2 N–H and O–H groups in total. The minimum absolute atomic E-state index is 0.117. The molecule has 0 fully saturated rings. The third-order valence-electron chi connectivity index (χ3n) is 1.82. The molecule has 0 amide bonds. The van der Waals surface area contributed by atoms with Gasteiger partial charge < -0.3 is 5.73 Å². The summed E-state index contributed by atoms with van der Waals surface area (Å²) >= 11 is 0. The van der Waals surface area contributed by atoms with E-state index in [9.17, 15) is 0 Å². The molecule has 0 aliphatic heterocycles. The summed E-state index contributed by atoms with van der Waals surface area (Å²) in [6, 6.07) is 4.02. The van der Waals surface area contributed by atoms with Crippen molar-refractivity contribution in [3.8, 4) is 0 Å². The summed E-state index contributed by atoms with van der Waals surface area (Å²) in [7, 11) is 0. The maximum absolute atomic E-state index is 5.91. The van der Waals surface area contributed by atoms with E-state index in [0.717, 1.165) is 18.4 Å². The van der Waals surface area contributed by atoms with E-state index in [1.165, 1.54) is 0 Å². The van der Waals surface area contributed by atoms with Gasteiger partial charge in [-0.25, -0.2) is 0 Å². The molecule has 12 heavy (non-hydrogen) atoms. The van der Waals surface area contributed by atoms with Crippen molar-refractivity contribution in [2.24, 2.45) is 5.73 Å². The van der Waals surface area contributed by atoms with Gasteiger partial charge in [0, 0.05) is 18.4 Å². The Hall–Kier alpha value is -1.15. The van der Waals surface area contributed by atoms with E-state index in [2.05, 4.69) is 11.6 Å². The summed E-state index contributed by atoms with van der Waals surface area (Å²) in [5.41, 5.74) is 7.05. The van der Waals surface area contributed by atoms with Crippen LogP contribution in [0.15, 0.2) is 37.2 Å². The first kappa shape index (κ1) is 8.94. The van der Waals surface area contributed by atoms with Gasteiger partial charge in [-0.3, -0.25) is 4.98 Å². The zero-order chi connectivity index (χ0) is 8.81. The van der Waals surface area contributed by atoms with Crippen LogP contribution in [0, 0.1) is 0 Å². The molecule has 1 atom stereocenters. The predicted molar refractivity (Wildman–Crippen MR) is 50.6 cm³/mol. The minimum atomic E-state index is 0.117. The topological polar surface area (TPSA) is 38.9 Å². The first-order valence-corrected chi connectivity index (χ1v) is 4.11. The van der Waals surface area contributed by atoms with Gasteiger partial charge in [0.05, 0.1) is 0 Å². The third-order valence-corrected chi connectivity index (χ3v) is 1.82. The number of hydrogen-bond donors (Lipinski definition) is 1. The largest absolute Gasteiger partial charge is 0.324 e. The SMILES string of the molecule is C=CCC[C@H](N)c1ccncc1. The average Bonchev–Trinajstić information content (AvgIpc) is 2.15. The molecule has 2 heteroatoms. The van der Waals surface area contributed by atoms with Crippen LogP contribution >= 0.6 is 0 Å². The highest BCUT2D eigenvalue weighted by molar-refractivity contribution is 5.14. The van der Waals surface area contributed by atoms with Gasteiger partial charge in [-0.15, -0.1) is 6.58 Å². The fourth-order valence-corrected chi connectivity index (χ4v) is 1.07. The summed E-state index contributed by atoms with van der Waals surface area (Å²) < 4.78 is 0. The molecule has 0 saturated heterocycles. The second kappa shape index (κ2) is 4.67. The lowest BCUT2D eigenvalue weighted by atomic mass is 10.0. The number of hydrogen-bond acceptors (Lipinski definition) is 2. The van der Waals surface area contributed by atoms with E-state index in [1.54, 1.807) is 12.4 Å². The quantitative estimate of drug-likeness (QED) is 0.688. The van der Waals surface area contributed by atoms with Crippen molar-refractivity contribution >= 4 is 0 Å². The molecule has 0 aromatic carbocycles. The number of aromatic nitrogens is 1. The smallest absolute Gasteiger partial charge is 0.0298 e. The molecule has 2 nitrogen and oxygen atoms in total. The Balaban J connectivity index is 2.53. The number of rotatable bonds is 4. The number of pyridine rings is 1. The summed E-state index contributed by atoms with van der Waals surface area (Å²) in [5, 5.41) is 0. The van der Waals surface area contributed by atoms with Gasteiger partial charge in [-0.1, -0.05) is 6.08 Å². The van der Waals surface area contributed by atoms with Gasteiger partial charge in [0.25, 0.3) is 0 Å². The molecule has 0 saturated carbocycles. The first-order valence-electron chi connectivity index (χ1n) is 4.11. The number of nitrogens with zero attached hydrogens (tertiary/aromatic N) is 1. The van der Waals surface area contributed by atoms with Crippen LogP contribution < -0.4 is 5.73 Å². The molecule has 0 aliphatic rings. The van der Waals surface area contributed by atoms with E-state index in [-0.39, 0.29) is 6.04 Å². The van der Waals surface area contributed by atoms with E-state index in [0.29, 0.717) is 0 Å². The van der Waals surface area contributed by atoms with Crippen molar-refractivity contribution in [1.29, 1.82) is 0 Å². The first-order chi connectivity index (χ1) is 5.84. The second-order valence-corrected chi connectivity index (χ2v) is 2.75. The Morgan fingerprint density at radius 2 is 2.17 bits per heavy atom. The van der Waals surface area contributed by atoms with Gasteiger partial charge in [0.1, 0.15) is 0 Å². The van der Waals surface area contributed by atoms with Crippen LogP contribution in [0.2, 0.25) is 0 Å². The van der Waals surface area contributed by atoms with Gasteiger partial charge in [0.15, 0.2) is 0 Å². The molecule has 0 radical (unpaired) electrons. The third kappa shape index (κ3) is 2.47. The predicted octanol–water partition coefficient (Wildman–Crippen LogP) is 2.05. The number of allylic oxidation sites excluding steroid dienone is 1. The zero-order valence-corrected chi connectivity index (χ0v) is 7.11. The molecule has 1 rings (SSSR count). The van der Waals surface area contributed by atoms with Gasteiger partial charge in [-0.2, -0.15) is 0 Å². The van der Waals surface area contributed by atoms with Crippen molar-refractivity contribution in [1.82, 2.24) is 4.98 Å². The second-order valence-electron chi connectivity index (χ2n) is 2.75. The van der Waals surface area contributed by atoms with Crippen molar-refractivity contribution in [3.63, 3.8) is 0 Å². The standard InChI is InChI=1S/C10H14N2/c1-2-3-4-10(11)9-5-7-12-8-6-9/h2,5-8,10H,1,3-4,11H2/t10-/m0/s1. The molecule has 1 aromatic rings. The molecule has 1 aromatic heterocycles. The van der Waals surface area contributed by atoms with E-state index in [4.69, 9.17) is 5.73 Å². The fraction of sp³-hybridized carbons (Fsp3) is 0.300. The van der Waals surface area contributed by atoms with Crippen LogP contribution in [0.3, 0.4) is 0 Å². The highest BCUT2D eigenvalue weighted by Gasteiger charge is 2.02. The Morgan fingerprint density at radius 1 is 1.50 bits per heavy atom. The van der Waals surface area contributed by atoms with Crippen LogP contribution in [-0.4, -0.2) is 4.98 Å². The van der Waals surface area contributed by atoms with Crippen LogP contribution in [0.25, 0.3) is 0 Å². The van der Waals surface area contributed by atoms with Crippen molar-refractivity contribution in [2.45, 2.75) is 18.9 Å². The fourth-order valence-electron chi connectivity index (χ4n) is 1.07. The zero-order valence-electron chi connectivity index (χ0n) is 7.11. The lowest BCUT2D eigenvalue weighted by Gasteiger charge is -2.09. The Labute approximate surface area is 73.1 Å². The minimum Gasteiger partial charge on any atom is -0.324 e. The highest BCUT2D eigenvalue weighted by Crippen LogP contribution is 2.13. The lowest BCUT2D eigenvalue weighted by Crippen LogP contribution is -2.09. The molecule has 64 valence electrons. The van der Waals surface area contributed by atoms with Crippen molar-refractivity contribution in [3.05, 3.63) is 42.7 Å². The Morgan fingerprint density at radius 3 is 2.75 bits per heavy atom. The Bertz CT molecular complexity index is 231. The maximum atomic E-state index is 5.91. The van der Waals surface area contributed by atoms with Gasteiger partial charge >= 0.3 is 0 Å². The molecule has 0 bridgehead atoms. The van der Waals surface area contributed by atoms with Gasteiger partial charge in [0.2, 0.25) is 0 Å².